The molecule has 0 saturated heterocycles. The summed E-state index contributed by atoms with van der Waals surface area (Å²) in [5.74, 6) is -1.05. The minimum atomic E-state index is -1.24. The number of nitrogens with zero attached hydrogens (tertiary/aromatic N) is 1. The molecule has 1 aromatic rings. The van der Waals surface area contributed by atoms with Gasteiger partial charge in [-0.05, 0) is 13.3 Å². The van der Waals surface area contributed by atoms with E-state index in [2.05, 4.69) is 15.6 Å². The molecule has 0 spiro atoms. The lowest BCUT2D eigenvalue weighted by Crippen LogP contribution is -2.54. The molecule has 0 bridgehead atoms. The van der Waals surface area contributed by atoms with Crippen molar-refractivity contribution in [2.75, 3.05) is 0 Å². The number of aromatic nitrogens is 1. The molecule has 1 rings (SSSR count). The molecule has 1 aromatic heterocycles. The summed E-state index contributed by atoms with van der Waals surface area (Å²) in [4.78, 5) is 26.5. The third-order valence-corrected chi connectivity index (χ3v) is 3.12. The topological polar surface area (TPSA) is 91.3 Å². The Hall–Kier alpha value is -1.63. The summed E-state index contributed by atoms with van der Waals surface area (Å²) in [5, 5.41) is 15.8. The first-order valence-electron chi connectivity index (χ1n) is 5.14. The predicted octanol–water partition coefficient (Wildman–Crippen LogP) is 1.20. The maximum atomic E-state index is 11.5. The van der Waals surface area contributed by atoms with Gasteiger partial charge in [0.05, 0.1) is 17.7 Å². The van der Waals surface area contributed by atoms with E-state index in [0.717, 1.165) is 5.69 Å². The number of carboxylic acid groups (broad SMARTS) is 1. The number of hydrogen-bond donors (Lipinski definition) is 3. The molecule has 1 unspecified atom stereocenters. The smallest absolute Gasteiger partial charge is 0.329 e. The van der Waals surface area contributed by atoms with Crippen LogP contribution in [0.15, 0.2) is 10.9 Å². The van der Waals surface area contributed by atoms with E-state index >= 15 is 0 Å². The van der Waals surface area contributed by atoms with Crippen LogP contribution in [0.4, 0.5) is 4.79 Å². The van der Waals surface area contributed by atoms with Crippen molar-refractivity contribution in [2.45, 2.75) is 32.4 Å². The zero-order valence-electron chi connectivity index (χ0n) is 9.69. The quantitative estimate of drug-likeness (QED) is 0.739. The van der Waals surface area contributed by atoms with Gasteiger partial charge in [0.15, 0.2) is 0 Å². The molecule has 1 heterocycles. The second kappa shape index (κ2) is 5.62. The number of urea groups is 1. The molecule has 0 aliphatic carbocycles. The summed E-state index contributed by atoms with van der Waals surface area (Å²) < 4.78 is 0. The van der Waals surface area contributed by atoms with Crippen LogP contribution in [0.1, 0.15) is 26.0 Å². The van der Waals surface area contributed by atoms with Gasteiger partial charge in [0.1, 0.15) is 5.54 Å². The van der Waals surface area contributed by atoms with Crippen molar-refractivity contribution in [2.24, 2.45) is 0 Å². The molecule has 2 amide bonds. The Kier molecular flexibility index (Phi) is 4.45. The van der Waals surface area contributed by atoms with Crippen molar-refractivity contribution >= 4 is 23.3 Å². The van der Waals surface area contributed by atoms with Gasteiger partial charge in [-0.2, -0.15) is 0 Å². The van der Waals surface area contributed by atoms with Gasteiger partial charge >= 0.3 is 12.0 Å². The maximum absolute atomic E-state index is 11.5. The van der Waals surface area contributed by atoms with Crippen LogP contribution in [0.5, 0.6) is 0 Å². The second-order valence-electron chi connectivity index (χ2n) is 3.78. The standard InChI is InChI=1S/C10H15N3O3S/c1-3-10(2,8(14)15)13-9(16)11-4-7-5-17-6-12-7/h5-6H,3-4H2,1-2H3,(H,14,15)(H2,11,13,16). The third kappa shape index (κ3) is 3.70. The monoisotopic (exact) mass is 257 g/mol. The van der Waals surface area contributed by atoms with Crippen LogP contribution in [0.25, 0.3) is 0 Å². The number of aliphatic carboxylic acids is 1. The molecule has 7 heteroatoms. The Morgan fingerprint density at radius 1 is 1.59 bits per heavy atom. The summed E-state index contributed by atoms with van der Waals surface area (Å²) in [6, 6.07) is -0.509. The lowest BCUT2D eigenvalue weighted by molar-refractivity contribution is -0.143. The maximum Gasteiger partial charge on any atom is 0.329 e. The molecule has 0 saturated carbocycles. The lowest BCUT2D eigenvalue weighted by Gasteiger charge is -2.24. The van der Waals surface area contributed by atoms with Crippen LogP contribution in [-0.2, 0) is 11.3 Å². The second-order valence-corrected chi connectivity index (χ2v) is 4.50. The number of carbonyl (C=O) groups excluding carboxylic acids is 1. The van der Waals surface area contributed by atoms with Crippen LogP contribution >= 0.6 is 11.3 Å². The number of nitrogens with one attached hydrogen (secondary N) is 2. The molecule has 94 valence electrons. The summed E-state index contributed by atoms with van der Waals surface area (Å²) in [6.45, 7) is 3.46. The van der Waals surface area contributed by atoms with Crippen LogP contribution in [0, 0.1) is 0 Å². The first kappa shape index (κ1) is 13.4. The number of carboxylic acids is 1. The van der Waals surface area contributed by atoms with Crippen molar-refractivity contribution in [1.82, 2.24) is 15.6 Å². The van der Waals surface area contributed by atoms with Crippen molar-refractivity contribution in [3.8, 4) is 0 Å². The van der Waals surface area contributed by atoms with E-state index in [4.69, 9.17) is 5.11 Å². The molecule has 3 N–H and O–H groups in total. The predicted molar refractivity (Wildman–Crippen MR) is 63.8 cm³/mol. The number of thiazole rings is 1. The van der Waals surface area contributed by atoms with Gasteiger partial charge in [-0.1, -0.05) is 6.92 Å². The molecular formula is C10H15N3O3S. The Bertz CT molecular complexity index is 394. The molecule has 0 aliphatic heterocycles. The van der Waals surface area contributed by atoms with E-state index in [1.54, 1.807) is 12.4 Å². The number of rotatable bonds is 5. The average molecular weight is 257 g/mol. The van der Waals surface area contributed by atoms with E-state index in [1.807, 2.05) is 5.38 Å². The van der Waals surface area contributed by atoms with Crippen molar-refractivity contribution in [3.63, 3.8) is 0 Å². The first-order valence-corrected chi connectivity index (χ1v) is 6.08. The van der Waals surface area contributed by atoms with Crippen LogP contribution in [0.2, 0.25) is 0 Å². The molecule has 0 aliphatic rings. The van der Waals surface area contributed by atoms with Gasteiger partial charge in [0.2, 0.25) is 0 Å². The molecule has 1 atom stereocenters. The number of amides is 2. The molecule has 0 radical (unpaired) electrons. The summed E-state index contributed by atoms with van der Waals surface area (Å²) in [7, 11) is 0. The molecule has 0 aromatic carbocycles. The molecule has 17 heavy (non-hydrogen) atoms. The largest absolute Gasteiger partial charge is 0.480 e. The molecular weight excluding hydrogens is 242 g/mol. The minimum absolute atomic E-state index is 0.286. The fourth-order valence-electron chi connectivity index (χ4n) is 1.08. The fraction of sp³-hybridized carbons (Fsp3) is 0.500. The number of carbonyl (C=O) groups is 2. The normalized spacial score (nSPS) is 13.8. The zero-order chi connectivity index (χ0) is 12.9. The van der Waals surface area contributed by atoms with E-state index in [9.17, 15) is 9.59 Å². The SMILES string of the molecule is CCC(C)(NC(=O)NCc1cscn1)C(=O)O. The van der Waals surface area contributed by atoms with Crippen LogP contribution in [-0.4, -0.2) is 27.6 Å². The Morgan fingerprint density at radius 3 is 2.76 bits per heavy atom. The highest BCUT2D eigenvalue weighted by Crippen LogP contribution is 2.08. The Morgan fingerprint density at radius 2 is 2.29 bits per heavy atom. The van der Waals surface area contributed by atoms with Gasteiger partial charge in [0, 0.05) is 5.38 Å². The van der Waals surface area contributed by atoms with Gasteiger partial charge < -0.3 is 15.7 Å². The fourth-order valence-corrected chi connectivity index (χ4v) is 1.64. The third-order valence-electron chi connectivity index (χ3n) is 2.48. The van der Waals surface area contributed by atoms with Crippen molar-refractivity contribution < 1.29 is 14.7 Å². The average Bonchev–Trinajstić information content (AvgIpc) is 2.78. The molecule has 6 nitrogen and oxygen atoms in total. The summed E-state index contributed by atoms with van der Waals surface area (Å²) in [6.07, 6.45) is 0.312. The highest BCUT2D eigenvalue weighted by atomic mass is 32.1. The summed E-state index contributed by atoms with van der Waals surface area (Å²) >= 11 is 1.44. The molecule has 0 fully saturated rings. The summed E-state index contributed by atoms with van der Waals surface area (Å²) in [5.41, 5.74) is 1.17. The Labute approximate surface area is 103 Å². The Balaban J connectivity index is 2.46. The van der Waals surface area contributed by atoms with Crippen LogP contribution < -0.4 is 10.6 Å². The van der Waals surface area contributed by atoms with Gasteiger partial charge in [-0.25, -0.2) is 14.6 Å². The van der Waals surface area contributed by atoms with E-state index < -0.39 is 17.5 Å². The van der Waals surface area contributed by atoms with Gasteiger partial charge in [0.25, 0.3) is 0 Å². The van der Waals surface area contributed by atoms with Gasteiger partial charge in [-0.3, -0.25) is 0 Å². The van der Waals surface area contributed by atoms with E-state index in [1.165, 1.54) is 18.3 Å². The van der Waals surface area contributed by atoms with Crippen molar-refractivity contribution in [3.05, 3.63) is 16.6 Å². The van der Waals surface area contributed by atoms with Crippen molar-refractivity contribution in [1.29, 1.82) is 0 Å². The van der Waals surface area contributed by atoms with Crippen LogP contribution in [0.3, 0.4) is 0 Å². The first-order chi connectivity index (χ1) is 7.98. The van der Waals surface area contributed by atoms with E-state index in [-0.39, 0.29) is 6.54 Å². The number of hydrogen-bond acceptors (Lipinski definition) is 4. The highest BCUT2D eigenvalue weighted by molar-refractivity contribution is 7.07. The van der Waals surface area contributed by atoms with Gasteiger partial charge in [-0.15, -0.1) is 11.3 Å². The minimum Gasteiger partial charge on any atom is -0.480 e. The van der Waals surface area contributed by atoms with E-state index in [0.29, 0.717) is 6.42 Å². The highest BCUT2D eigenvalue weighted by Gasteiger charge is 2.32. The lowest BCUT2D eigenvalue weighted by atomic mass is 10.00. The zero-order valence-corrected chi connectivity index (χ0v) is 10.5.